The summed E-state index contributed by atoms with van der Waals surface area (Å²) in [6, 6.07) is 11.7. The Kier molecular flexibility index (Phi) is 5.05. The van der Waals surface area contributed by atoms with Crippen LogP contribution < -0.4 is 5.56 Å². The molecule has 2 aliphatic rings. The summed E-state index contributed by atoms with van der Waals surface area (Å²) in [7, 11) is 0. The number of benzene rings is 1. The topological polar surface area (TPSA) is 113 Å². The van der Waals surface area contributed by atoms with Crippen molar-refractivity contribution in [2.24, 2.45) is 11.8 Å². The third-order valence-corrected chi connectivity index (χ3v) is 6.58. The van der Waals surface area contributed by atoms with Gasteiger partial charge in [0, 0.05) is 42.4 Å². The summed E-state index contributed by atoms with van der Waals surface area (Å²) in [4.78, 5) is 44.2. The van der Waals surface area contributed by atoms with Crippen LogP contribution in [0, 0.1) is 17.7 Å². The Hall–Kier alpha value is -3.85. The van der Waals surface area contributed by atoms with Crippen molar-refractivity contribution in [2.75, 3.05) is 6.61 Å². The number of nitrogens with zero attached hydrogens (tertiary/aromatic N) is 3. The number of amides is 1. The number of aliphatic hydroxyl groups is 1. The predicted octanol–water partition coefficient (Wildman–Crippen LogP) is 1.94. The number of halogens is 1. The lowest BCUT2D eigenvalue weighted by molar-refractivity contribution is -0.143. The number of aliphatic carboxylic acids is 1. The molecule has 2 aliphatic heterocycles. The largest absolute Gasteiger partial charge is 0.480 e. The van der Waals surface area contributed by atoms with Crippen LogP contribution in [-0.4, -0.2) is 49.2 Å². The minimum atomic E-state index is -1.26. The fourth-order valence-electron chi connectivity index (χ4n) is 5.19. The number of aromatic nitrogens is 2. The Morgan fingerprint density at radius 2 is 1.94 bits per heavy atom. The summed E-state index contributed by atoms with van der Waals surface area (Å²) in [6.07, 6.45) is 1.44. The molecule has 1 saturated heterocycles. The van der Waals surface area contributed by atoms with Crippen LogP contribution in [-0.2, 0) is 11.3 Å². The van der Waals surface area contributed by atoms with Crippen molar-refractivity contribution in [1.29, 1.82) is 0 Å². The Morgan fingerprint density at radius 3 is 2.61 bits per heavy atom. The molecule has 8 nitrogen and oxygen atoms in total. The van der Waals surface area contributed by atoms with Gasteiger partial charge in [0.2, 0.25) is 0 Å². The highest BCUT2D eigenvalue weighted by Crippen LogP contribution is 2.49. The number of carbonyl (C=O) groups excluding carboxylic acids is 1. The van der Waals surface area contributed by atoms with Crippen LogP contribution in [0.25, 0.3) is 11.1 Å². The van der Waals surface area contributed by atoms with Crippen molar-refractivity contribution in [3.05, 3.63) is 88.4 Å². The normalized spacial score (nSPS) is 23.3. The SMILES string of the molecule is O=C(O)[C@H]1[C@H](CO)[C@H]2Cn3c(ccc(-c4cccc(F)c4)c3=O)[C@H]2N1C(=O)c1ccccn1. The fraction of sp³-hybridized carbons (Fsp3) is 0.250. The smallest absolute Gasteiger partial charge is 0.326 e. The number of rotatable bonds is 4. The molecule has 1 aromatic carbocycles. The van der Waals surface area contributed by atoms with E-state index in [9.17, 15) is 29.0 Å². The van der Waals surface area contributed by atoms with E-state index in [4.69, 9.17) is 0 Å². The van der Waals surface area contributed by atoms with E-state index in [1.807, 2.05) is 0 Å². The Balaban J connectivity index is 1.64. The highest BCUT2D eigenvalue weighted by molar-refractivity contribution is 5.96. The summed E-state index contributed by atoms with van der Waals surface area (Å²) < 4.78 is 15.2. The zero-order valence-corrected chi connectivity index (χ0v) is 17.3. The van der Waals surface area contributed by atoms with Crippen molar-refractivity contribution in [2.45, 2.75) is 18.6 Å². The van der Waals surface area contributed by atoms with Crippen molar-refractivity contribution >= 4 is 11.9 Å². The van der Waals surface area contributed by atoms with Crippen LogP contribution >= 0.6 is 0 Å². The van der Waals surface area contributed by atoms with Crippen molar-refractivity contribution in [3.63, 3.8) is 0 Å². The first-order chi connectivity index (χ1) is 15.9. The van der Waals surface area contributed by atoms with Gasteiger partial charge in [-0.05, 0) is 42.0 Å². The first-order valence-electron chi connectivity index (χ1n) is 10.5. The standard InChI is InChI=1S/C24H20FN3O5/c25-14-5-3-4-13(10-14)15-7-8-19-20-16(11-27(19)22(15)30)17(12-29)21(24(32)33)28(20)23(31)18-6-1-2-9-26-18/h1-10,16-17,20-21,29H,11-12H2,(H,32,33)/t16-,17-,20+,21-/m1/s1. The number of hydrogen-bond donors (Lipinski definition) is 2. The van der Waals surface area contributed by atoms with E-state index in [0.29, 0.717) is 16.8 Å². The number of hydrogen-bond acceptors (Lipinski definition) is 5. The molecule has 1 fully saturated rings. The summed E-state index contributed by atoms with van der Waals surface area (Å²) >= 11 is 0. The third-order valence-electron chi connectivity index (χ3n) is 6.58. The van der Waals surface area contributed by atoms with E-state index in [0.717, 1.165) is 0 Å². The molecule has 9 heteroatoms. The molecule has 168 valence electrons. The minimum Gasteiger partial charge on any atom is -0.480 e. The molecule has 0 bridgehead atoms. The van der Waals surface area contributed by atoms with E-state index in [2.05, 4.69) is 4.98 Å². The molecule has 2 N–H and O–H groups in total. The average molecular weight is 449 g/mol. The van der Waals surface area contributed by atoms with Gasteiger partial charge in [0.15, 0.2) is 0 Å². The zero-order chi connectivity index (χ0) is 23.3. The first-order valence-corrected chi connectivity index (χ1v) is 10.5. The van der Waals surface area contributed by atoms with Crippen molar-refractivity contribution < 1.29 is 24.2 Å². The molecule has 2 aromatic heterocycles. The molecule has 33 heavy (non-hydrogen) atoms. The second-order valence-electron chi connectivity index (χ2n) is 8.26. The molecular weight excluding hydrogens is 429 g/mol. The molecule has 4 atom stereocenters. The van der Waals surface area contributed by atoms with Crippen LogP contribution in [0.3, 0.4) is 0 Å². The van der Waals surface area contributed by atoms with Gasteiger partial charge in [-0.3, -0.25) is 14.6 Å². The molecule has 0 spiro atoms. The van der Waals surface area contributed by atoms with Gasteiger partial charge in [-0.25, -0.2) is 9.18 Å². The zero-order valence-electron chi connectivity index (χ0n) is 17.3. The molecule has 5 rings (SSSR count). The van der Waals surface area contributed by atoms with Crippen LogP contribution in [0.4, 0.5) is 4.39 Å². The molecule has 0 aliphatic carbocycles. The minimum absolute atomic E-state index is 0.0817. The maximum Gasteiger partial charge on any atom is 0.326 e. The lowest BCUT2D eigenvalue weighted by Gasteiger charge is -2.29. The van der Waals surface area contributed by atoms with Gasteiger partial charge in [0.05, 0.1) is 6.04 Å². The number of fused-ring (bicyclic) bond motifs is 3. The second-order valence-corrected chi connectivity index (χ2v) is 8.26. The van der Waals surface area contributed by atoms with Gasteiger partial charge in [-0.15, -0.1) is 0 Å². The highest BCUT2D eigenvalue weighted by Gasteiger charge is 2.57. The quantitative estimate of drug-likeness (QED) is 0.630. The monoisotopic (exact) mass is 449 g/mol. The number of aliphatic hydroxyl groups excluding tert-OH is 1. The predicted molar refractivity (Wildman–Crippen MR) is 115 cm³/mol. The Morgan fingerprint density at radius 1 is 1.12 bits per heavy atom. The van der Waals surface area contributed by atoms with Gasteiger partial charge >= 0.3 is 5.97 Å². The second kappa shape index (κ2) is 7.93. The fourth-order valence-corrected chi connectivity index (χ4v) is 5.19. The lowest BCUT2D eigenvalue weighted by Crippen LogP contribution is -2.46. The third kappa shape index (κ3) is 3.23. The molecule has 3 aromatic rings. The number of carbonyl (C=O) groups is 2. The van der Waals surface area contributed by atoms with Crippen LogP contribution in [0.15, 0.2) is 65.6 Å². The number of pyridine rings is 2. The number of carboxylic acid groups (broad SMARTS) is 1. The van der Waals surface area contributed by atoms with Crippen LogP contribution in [0.2, 0.25) is 0 Å². The molecule has 0 radical (unpaired) electrons. The van der Waals surface area contributed by atoms with Gasteiger partial charge in [0.25, 0.3) is 11.5 Å². The molecule has 4 heterocycles. The molecule has 1 amide bonds. The van der Waals surface area contributed by atoms with E-state index >= 15 is 0 Å². The van der Waals surface area contributed by atoms with Crippen molar-refractivity contribution in [1.82, 2.24) is 14.5 Å². The highest BCUT2D eigenvalue weighted by atomic mass is 19.1. The summed E-state index contributed by atoms with van der Waals surface area (Å²) in [6.45, 7) is -0.313. The molecular formula is C24H20FN3O5. The average Bonchev–Trinajstić information content (AvgIpc) is 3.34. The number of carboxylic acids is 1. The number of likely N-dealkylation sites (tertiary alicyclic amines) is 1. The maximum atomic E-state index is 13.7. The van der Waals surface area contributed by atoms with E-state index in [1.165, 1.54) is 39.9 Å². The Labute approximate surface area is 187 Å². The maximum absolute atomic E-state index is 13.7. The van der Waals surface area contributed by atoms with Gasteiger partial charge < -0.3 is 19.7 Å². The molecule has 0 unspecified atom stereocenters. The van der Waals surface area contributed by atoms with Gasteiger partial charge in [-0.2, -0.15) is 0 Å². The summed E-state index contributed by atoms with van der Waals surface area (Å²) in [5, 5.41) is 20.0. The van der Waals surface area contributed by atoms with Crippen LogP contribution in [0.1, 0.15) is 22.2 Å². The van der Waals surface area contributed by atoms with E-state index in [1.54, 1.807) is 30.3 Å². The molecule has 0 saturated carbocycles. The summed E-state index contributed by atoms with van der Waals surface area (Å²) in [5.74, 6) is -3.51. The van der Waals surface area contributed by atoms with Crippen molar-refractivity contribution in [3.8, 4) is 11.1 Å². The van der Waals surface area contributed by atoms with Gasteiger partial charge in [0.1, 0.15) is 17.6 Å². The lowest BCUT2D eigenvalue weighted by atomic mass is 9.88. The summed E-state index contributed by atoms with van der Waals surface area (Å²) in [5.41, 5.74) is 0.934. The van der Waals surface area contributed by atoms with Crippen LogP contribution in [0.5, 0.6) is 0 Å². The van der Waals surface area contributed by atoms with E-state index < -0.39 is 48.2 Å². The Bertz CT molecular complexity index is 1310. The van der Waals surface area contributed by atoms with Gasteiger partial charge in [-0.1, -0.05) is 18.2 Å². The van der Waals surface area contributed by atoms with E-state index in [-0.39, 0.29) is 17.8 Å². The first kappa shape index (κ1) is 21.0.